The van der Waals surface area contributed by atoms with Crippen molar-refractivity contribution in [2.75, 3.05) is 13.1 Å². The van der Waals surface area contributed by atoms with Gasteiger partial charge in [0, 0.05) is 16.9 Å². The molecule has 0 aromatic heterocycles. The summed E-state index contributed by atoms with van der Waals surface area (Å²) in [7, 11) is 0. The van der Waals surface area contributed by atoms with E-state index in [0.29, 0.717) is 6.54 Å². The number of ether oxygens (including phenoxy) is 1. The summed E-state index contributed by atoms with van der Waals surface area (Å²) in [5.74, 6) is 0.0729. The standard InChI is InChI=1S/C16H26N4O3/c1-14(2,3)23-13(22)18-11-15-4-7-16(8-5-15,9-6-15)12(21)10-19-20-17/h4-11H2,1-3H3,(H,18,22)/t15-,16+. The third kappa shape index (κ3) is 4.16. The second kappa shape index (κ2) is 6.40. The highest BCUT2D eigenvalue weighted by Gasteiger charge is 2.51. The van der Waals surface area contributed by atoms with Gasteiger partial charge in [0.05, 0.1) is 6.54 Å². The fourth-order valence-corrected chi connectivity index (χ4v) is 3.78. The molecule has 0 aromatic carbocycles. The fraction of sp³-hybridized carbons (Fsp3) is 0.875. The molecular weight excluding hydrogens is 296 g/mol. The van der Waals surface area contributed by atoms with E-state index < -0.39 is 5.60 Å². The molecule has 7 nitrogen and oxygen atoms in total. The maximum Gasteiger partial charge on any atom is 0.407 e. The predicted octanol–water partition coefficient (Wildman–Crippen LogP) is 3.73. The SMILES string of the molecule is CC(C)(C)OC(=O)NC[C@]12CC[C@](C(=O)CN=[N+]=[N-])(CC1)CC2. The van der Waals surface area contributed by atoms with Crippen LogP contribution in [0.2, 0.25) is 0 Å². The number of nitrogens with one attached hydrogen (secondary N) is 1. The molecule has 0 aromatic rings. The van der Waals surface area contributed by atoms with Crippen LogP contribution in [0.15, 0.2) is 5.11 Å². The van der Waals surface area contributed by atoms with Gasteiger partial charge in [0.15, 0.2) is 0 Å². The average molecular weight is 322 g/mol. The van der Waals surface area contributed by atoms with Crippen molar-refractivity contribution in [1.29, 1.82) is 0 Å². The number of nitrogens with zero attached hydrogens (tertiary/aromatic N) is 3. The van der Waals surface area contributed by atoms with Crippen molar-refractivity contribution in [3.8, 4) is 0 Å². The molecule has 23 heavy (non-hydrogen) atoms. The summed E-state index contributed by atoms with van der Waals surface area (Å²) in [6.45, 7) is 6.09. The van der Waals surface area contributed by atoms with Crippen LogP contribution in [0, 0.1) is 10.8 Å². The number of alkyl carbamates (subject to hydrolysis) is 1. The van der Waals surface area contributed by atoms with E-state index >= 15 is 0 Å². The first kappa shape index (κ1) is 17.6. The molecule has 128 valence electrons. The largest absolute Gasteiger partial charge is 0.444 e. The number of hydrogen-bond acceptors (Lipinski definition) is 4. The Morgan fingerprint density at radius 3 is 2.22 bits per heavy atom. The molecule has 0 unspecified atom stereocenters. The van der Waals surface area contributed by atoms with E-state index in [2.05, 4.69) is 15.3 Å². The molecule has 3 aliphatic rings. The molecule has 0 aliphatic heterocycles. The Balaban J connectivity index is 1.88. The zero-order chi connectivity index (χ0) is 17.1. The van der Waals surface area contributed by atoms with Gasteiger partial charge in [-0.15, -0.1) is 0 Å². The molecule has 3 saturated carbocycles. The van der Waals surface area contributed by atoms with Crippen molar-refractivity contribution in [3.05, 3.63) is 10.4 Å². The number of Topliss-reactive ketones (excluding diaryl/α,β-unsaturated/α-hetero) is 1. The molecule has 2 bridgehead atoms. The average Bonchev–Trinajstić information content (AvgIpc) is 2.51. The fourth-order valence-electron chi connectivity index (χ4n) is 3.78. The van der Waals surface area contributed by atoms with Gasteiger partial charge in [-0.05, 0) is 70.2 Å². The maximum absolute atomic E-state index is 12.3. The smallest absolute Gasteiger partial charge is 0.407 e. The predicted molar refractivity (Wildman–Crippen MR) is 85.8 cm³/mol. The number of azide groups is 1. The van der Waals surface area contributed by atoms with Gasteiger partial charge in [-0.1, -0.05) is 5.11 Å². The molecule has 0 radical (unpaired) electrons. The Bertz CT molecular complexity index is 507. The molecule has 0 atom stereocenters. The summed E-state index contributed by atoms with van der Waals surface area (Å²) in [6.07, 6.45) is 4.85. The molecule has 0 saturated heterocycles. The van der Waals surface area contributed by atoms with Crippen LogP contribution in [0.4, 0.5) is 4.79 Å². The van der Waals surface area contributed by atoms with Crippen LogP contribution >= 0.6 is 0 Å². The lowest BCUT2D eigenvalue weighted by atomic mass is 9.52. The first-order valence-electron chi connectivity index (χ1n) is 8.21. The van der Waals surface area contributed by atoms with Crippen molar-refractivity contribution < 1.29 is 14.3 Å². The maximum atomic E-state index is 12.3. The molecule has 3 rings (SSSR count). The number of amides is 1. The van der Waals surface area contributed by atoms with Gasteiger partial charge in [0.1, 0.15) is 11.4 Å². The lowest BCUT2D eigenvalue weighted by Crippen LogP contribution is -2.51. The molecule has 1 N–H and O–H groups in total. The van der Waals surface area contributed by atoms with E-state index in [4.69, 9.17) is 10.3 Å². The zero-order valence-corrected chi connectivity index (χ0v) is 14.2. The summed E-state index contributed by atoms with van der Waals surface area (Å²) < 4.78 is 5.28. The highest BCUT2D eigenvalue weighted by molar-refractivity contribution is 5.87. The molecule has 0 spiro atoms. The normalized spacial score (nSPS) is 29.5. The Kier molecular flexibility index (Phi) is 4.90. The number of hydrogen-bond donors (Lipinski definition) is 1. The molecule has 3 aliphatic carbocycles. The first-order valence-corrected chi connectivity index (χ1v) is 8.21. The van der Waals surface area contributed by atoms with Gasteiger partial charge in [-0.3, -0.25) is 4.79 Å². The van der Waals surface area contributed by atoms with Crippen LogP contribution < -0.4 is 5.32 Å². The van der Waals surface area contributed by atoms with Crippen LogP contribution in [-0.2, 0) is 9.53 Å². The van der Waals surface area contributed by atoms with Crippen molar-refractivity contribution in [1.82, 2.24) is 5.32 Å². The van der Waals surface area contributed by atoms with Crippen LogP contribution in [-0.4, -0.2) is 30.6 Å². The van der Waals surface area contributed by atoms with Crippen molar-refractivity contribution in [2.24, 2.45) is 15.9 Å². The minimum atomic E-state index is -0.496. The van der Waals surface area contributed by atoms with E-state index in [9.17, 15) is 9.59 Å². The number of fused-ring (bicyclic) bond motifs is 3. The lowest BCUT2D eigenvalue weighted by molar-refractivity contribution is -0.136. The van der Waals surface area contributed by atoms with Crippen molar-refractivity contribution in [3.63, 3.8) is 0 Å². The highest BCUT2D eigenvalue weighted by Crippen LogP contribution is 2.57. The topological polar surface area (TPSA) is 104 Å². The number of rotatable bonds is 5. The molecule has 7 heteroatoms. The van der Waals surface area contributed by atoms with Gasteiger partial charge in [-0.2, -0.15) is 0 Å². The minimum absolute atomic E-state index is 0.0420. The lowest BCUT2D eigenvalue weighted by Gasteiger charge is -2.52. The molecule has 3 fully saturated rings. The number of carbonyl (C=O) groups is 2. The summed E-state index contributed by atoms with van der Waals surface area (Å²) in [6, 6.07) is 0. The third-order valence-corrected chi connectivity index (χ3v) is 5.28. The second-order valence-electron chi connectivity index (χ2n) is 7.95. The number of ketones is 1. The zero-order valence-electron chi connectivity index (χ0n) is 14.2. The molecular formula is C16H26N4O3. The van der Waals surface area contributed by atoms with Crippen molar-refractivity contribution >= 4 is 11.9 Å². The summed E-state index contributed by atoms with van der Waals surface area (Å²) in [5.41, 5.74) is 7.66. The van der Waals surface area contributed by atoms with Crippen LogP contribution in [0.3, 0.4) is 0 Å². The van der Waals surface area contributed by atoms with Gasteiger partial charge >= 0.3 is 6.09 Å². The van der Waals surface area contributed by atoms with E-state index in [1.165, 1.54) is 0 Å². The Hall–Kier alpha value is -1.75. The monoisotopic (exact) mass is 322 g/mol. The molecule has 0 heterocycles. The Morgan fingerprint density at radius 2 is 1.74 bits per heavy atom. The van der Waals surface area contributed by atoms with Crippen molar-refractivity contribution in [2.45, 2.75) is 64.9 Å². The number of carbonyl (C=O) groups excluding carboxylic acids is 2. The summed E-state index contributed by atoms with van der Waals surface area (Å²) in [5, 5.41) is 6.31. The van der Waals surface area contributed by atoms with Crippen LogP contribution in [0.5, 0.6) is 0 Å². The van der Waals surface area contributed by atoms with E-state index in [1.54, 1.807) is 0 Å². The summed E-state index contributed by atoms with van der Waals surface area (Å²) in [4.78, 5) is 26.8. The second-order valence-corrected chi connectivity index (χ2v) is 7.95. The van der Waals surface area contributed by atoms with Crippen LogP contribution in [0.25, 0.3) is 10.4 Å². The van der Waals surface area contributed by atoms with Gasteiger partial charge in [0.25, 0.3) is 0 Å². The van der Waals surface area contributed by atoms with Gasteiger partial charge in [-0.25, -0.2) is 4.79 Å². The summed E-state index contributed by atoms with van der Waals surface area (Å²) >= 11 is 0. The quantitative estimate of drug-likeness (QED) is 0.473. The highest BCUT2D eigenvalue weighted by atomic mass is 16.6. The van der Waals surface area contributed by atoms with Gasteiger partial charge < -0.3 is 10.1 Å². The van der Waals surface area contributed by atoms with E-state index in [0.717, 1.165) is 38.5 Å². The van der Waals surface area contributed by atoms with Crippen LogP contribution in [0.1, 0.15) is 59.3 Å². The van der Waals surface area contributed by atoms with Gasteiger partial charge in [0.2, 0.25) is 0 Å². The minimum Gasteiger partial charge on any atom is -0.444 e. The third-order valence-electron chi connectivity index (χ3n) is 5.28. The first-order chi connectivity index (χ1) is 10.7. The van der Waals surface area contributed by atoms with E-state index in [-0.39, 0.29) is 29.3 Å². The Morgan fingerprint density at radius 1 is 1.17 bits per heavy atom. The van der Waals surface area contributed by atoms with E-state index in [1.807, 2.05) is 20.8 Å². The molecule has 1 amide bonds. The Labute approximate surface area is 136 Å².